The van der Waals surface area contributed by atoms with Gasteiger partial charge < -0.3 is 110 Å². The number of carbonyl (C=O) groups excluding carboxylic acids is 1. The Balaban J connectivity index is 1.66. The number of amides is 1. The van der Waals surface area contributed by atoms with Gasteiger partial charge >= 0.3 is 5.97 Å². The number of ether oxygens (including phenoxy) is 7. The molecule has 4 saturated heterocycles. The standard InChI is InChI=1S/C29H49NO23/c1-7-14(37)17(40)18(41)26(47-7)51-24-19(42)25(44)48-12(6-33)21(24)50-27-20(43)23(16(39)11(5-32)49-27)53-29(28(45)46)3-9(35)13(30-8(2)34)22(52-29)15(38)10(36)4-31/h7,9-27,31-33,35-44H,3-6H2,1-2H3,(H,30,34)(H,45,46)/t7-,9-,10+,11+,12+,13+,14+,15+,16-,17+,18-,19+,20+,21+,22+,23-,24+,25+,26-,27-,29+/m0/s1. The summed E-state index contributed by atoms with van der Waals surface area (Å²) in [6, 6.07) is -1.59. The number of carboxylic acids is 1. The Morgan fingerprint density at radius 2 is 1.38 bits per heavy atom. The maximum atomic E-state index is 12.8. The predicted molar refractivity (Wildman–Crippen MR) is 161 cm³/mol. The van der Waals surface area contributed by atoms with E-state index in [1.54, 1.807) is 0 Å². The fraction of sp³-hybridized carbons (Fsp3) is 0.931. The highest BCUT2D eigenvalue weighted by atomic mass is 16.8. The molecule has 0 radical (unpaired) electrons. The average Bonchev–Trinajstić information content (AvgIpc) is 3.11. The van der Waals surface area contributed by atoms with Crippen LogP contribution in [0.25, 0.3) is 0 Å². The molecule has 53 heavy (non-hydrogen) atoms. The van der Waals surface area contributed by atoms with E-state index in [2.05, 4.69) is 5.32 Å². The Morgan fingerprint density at radius 1 is 0.774 bits per heavy atom. The number of rotatable bonds is 13. The Hall–Kier alpha value is -1.86. The Kier molecular flexibility index (Phi) is 14.9. The molecule has 0 saturated carbocycles. The highest BCUT2D eigenvalue weighted by molar-refractivity contribution is 5.76. The van der Waals surface area contributed by atoms with E-state index in [1.807, 2.05) is 0 Å². The van der Waals surface area contributed by atoms with Gasteiger partial charge in [0.05, 0.1) is 38.1 Å². The summed E-state index contributed by atoms with van der Waals surface area (Å²) in [5.74, 6) is -5.90. The molecule has 4 fully saturated rings. The summed E-state index contributed by atoms with van der Waals surface area (Å²) in [6.45, 7) is -0.758. The summed E-state index contributed by atoms with van der Waals surface area (Å²) in [5, 5.41) is 148. The maximum absolute atomic E-state index is 12.8. The van der Waals surface area contributed by atoms with Crippen molar-refractivity contribution in [2.75, 3.05) is 19.8 Å². The molecule has 0 aromatic heterocycles. The number of aliphatic hydroxyl groups is 13. The van der Waals surface area contributed by atoms with Crippen LogP contribution in [0.1, 0.15) is 20.3 Å². The molecule has 0 aromatic carbocycles. The van der Waals surface area contributed by atoms with Crippen molar-refractivity contribution in [1.82, 2.24) is 5.32 Å². The SMILES string of the molecule is CC(=O)N[C@H]1[C@H]([C@H](O)[C@H](O)CO)O[C@](O[C@H]2[C@@H](O)[C@@H](CO)O[C@@H](O[C@H]3[C@H](O[C@@H]4O[C@@H](C)[C@@H](O)[C@@H](O)[C@@H]4O)[C@@H](O)[C@H](O)O[C@@H]3CO)[C@@H]2O)(C(=O)O)C[C@@H]1O. The van der Waals surface area contributed by atoms with Crippen molar-refractivity contribution in [3.8, 4) is 0 Å². The third kappa shape index (κ3) is 9.08. The molecule has 308 valence electrons. The van der Waals surface area contributed by atoms with Crippen LogP contribution < -0.4 is 5.32 Å². The van der Waals surface area contributed by atoms with Crippen LogP contribution in [-0.4, -0.2) is 232 Å². The summed E-state index contributed by atoms with van der Waals surface area (Å²) in [6.07, 6.45) is -37.3. The Morgan fingerprint density at radius 3 is 1.94 bits per heavy atom. The van der Waals surface area contributed by atoms with Gasteiger partial charge in [0.1, 0.15) is 85.5 Å². The zero-order chi connectivity index (χ0) is 39.7. The molecule has 24 heteroatoms. The number of hydrogen-bond acceptors (Lipinski definition) is 22. The molecule has 4 heterocycles. The molecule has 4 aliphatic rings. The molecule has 4 aliphatic heterocycles. The van der Waals surface area contributed by atoms with E-state index < -0.39 is 166 Å². The second kappa shape index (κ2) is 17.9. The summed E-state index contributed by atoms with van der Waals surface area (Å²) in [7, 11) is 0. The Labute approximate surface area is 300 Å². The first-order valence-electron chi connectivity index (χ1n) is 16.6. The molecule has 0 aromatic rings. The first-order chi connectivity index (χ1) is 24.8. The third-order valence-corrected chi connectivity index (χ3v) is 9.54. The lowest BCUT2D eigenvalue weighted by Gasteiger charge is -2.51. The van der Waals surface area contributed by atoms with Crippen LogP contribution in [0.2, 0.25) is 0 Å². The summed E-state index contributed by atoms with van der Waals surface area (Å²) in [5.41, 5.74) is 0. The number of carbonyl (C=O) groups is 2. The topological polar surface area (TPSA) is 394 Å². The number of carboxylic acid groups (broad SMARTS) is 1. The lowest BCUT2D eigenvalue weighted by molar-refractivity contribution is -0.396. The van der Waals surface area contributed by atoms with Gasteiger partial charge in [-0.1, -0.05) is 0 Å². The van der Waals surface area contributed by atoms with E-state index in [1.165, 1.54) is 6.92 Å². The van der Waals surface area contributed by atoms with Gasteiger partial charge in [0.15, 0.2) is 18.9 Å². The number of aliphatic hydroxyl groups excluding tert-OH is 13. The van der Waals surface area contributed by atoms with Crippen molar-refractivity contribution >= 4 is 11.9 Å². The van der Waals surface area contributed by atoms with E-state index in [4.69, 9.17) is 33.2 Å². The number of nitrogens with one attached hydrogen (secondary N) is 1. The normalized spacial score (nSPS) is 47.8. The van der Waals surface area contributed by atoms with Gasteiger partial charge in [-0.05, 0) is 6.92 Å². The number of aliphatic carboxylic acids is 1. The van der Waals surface area contributed by atoms with Gasteiger partial charge in [0.2, 0.25) is 5.91 Å². The quantitative estimate of drug-likeness (QED) is 0.0825. The van der Waals surface area contributed by atoms with E-state index >= 15 is 0 Å². The van der Waals surface area contributed by atoms with Crippen molar-refractivity contribution in [2.24, 2.45) is 0 Å². The first-order valence-corrected chi connectivity index (χ1v) is 16.6. The number of hydrogen-bond donors (Lipinski definition) is 15. The van der Waals surface area contributed by atoms with Crippen LogP contribution in [0.15, 0.2) is 0 Å². The van der Waals surface area contributed by atoms with Gasteiger partial charge in [0, 0.05) is 13.3 Å². The van der Waals surface area contributed by atoms with Gasteiger partial charge in [-0.2, -0.15) is 0 Å². The van der Waals surface area contributed by atoms with Crippen LogP contribution in [-0.2, 0) is 42.7 Å². The first kappa shape index (κ1) is 43.9. The van der Waals surface area contributed by atoms with E-state index in [9.17, 15) is 81.1 Å². The van der Waals surface area contributed by atoms with E-state index in [-0.39, 0.29) is 0 Å². The van der Waals surface area contributed by atoms with Gasteiger partial charge in [-0.3, -0.25) is 4.79 Å². The lowest BCUT2D eigenvalue weighted by atomic mass is 9.88. The van der Waals surface area contributed by atoms with E-state index in [0.29, 0.717) is 0 Å². The van der Waals surface area contributed by atoms with Crippen molar-refractivity contribution in [3.05, 3.63) is 0 Å². The van der Waals surface area contributed by atoms with Crippen molar-refractivity contribution in [3.63, 3.8) is 0 Å². The fourth-order valence-electron chi connectivity index (χ4n) is 6.58. The predicted octanol–water partition coefficient (Wildman–Crippen LogP) is -9.37. The minimum Gasteiger partial charge on any atom is -0.477 e. The largest absolute Gasteiger partial charge is 0.477 e. The van der Waals surface area contributed by atoms with Crippen LogP contribution in [0, 0.1) is 0 Å². The second-order valence-corrected chi connectivity index (χ2v) is 13.3. The van der Waals surface area contributed by atoms with Crippen LogP contribution in [0.5, 0.6) is 0 Å². The molecule has 15 N–H and O–H groups in total. The molecule has 24 nitrogen and oxygen atoms in total. The van der Waals surface area contributed by atoms with Gasteiger partial charge in [-0.15, -0.1) is 0 Å². The summed E-state index contributed by atoms with van der Waals surface area (Å²) in [4.78, 5) is 24.6. The molecule has 0 unspecified atom stereocenters. The van der Waals surface area contributed by atoms with Gasteiger partial charge in [0.25, 0.3) is 5.79 Å². The lowest BCUT2D eigenvalue weighted by Crippen LogP contribution is -2.71. The Bertz CT molecular complexity index is 1220. The molecule has 1 amide bonds. The zero-order valence-corrected chi connectivity index (χ0v) is 28.3. The smallest absolute Gasteiger partial charge is 0.364 e. The minimum atomic E-state index is -3.10. The summed E-state index contributed by atoms with van der Waals surface area (Å²) < 4.78 is 38.8. The molecular weight excluding hydrogens is 730 g/mol. The van der Waals surface area contributed by atoms with Crippen LogP contribution >= 0.6 is 0 Å². The van der Waals surface area contributed by atoms with E-state index in [0.717, 1.165) is 6.92 Å². The molecule has 4 rings (SSSR count). The average molecular weight is 780 g/mol. The monoisotopic (exact) mass is 779 g/mol. The van der Waals surface area contributed by atoms with Crippen molar-refractivity contribution < 1.29 is 114 Å². The fourth-order valence-corrected chi connectivity index (χ4v) is 6.58. The highest BCUT2D eigenvalue weighted by Crippen LogP contribution is 2.39. The molecule has 0 spiro atoms. The third-order valence-electron chi connectivity index (χ3n) is 9.54. The van der Waals surface area contributed by atoms with Crippen LogP contribution in [0.3, 0.4) is 0 Å². The molecule has 0 aliphatic carbocycles. The zero-order valence-electron chi connectivity index (χ0n) is 28.3. The maximum Gasteiger partial charge on any atom is 0.364 e. The van der Waals surface area contributed by atoms with Crippen molar-refractivity contribution in [2.45, 2.75) is 149 Å². The second-order valence-electron chi connectivity index (χ2n) is 13.3. The molecule has 0 bridgehead atoms. The summed E-state index contributed by atoms with van der Waals surface area (Å²) >= 11 is 0. The minimum absolute atomic E-state index is 0.779. The molecule has 21 atom stereocenters. The van der Waals surface area contributed by atoms with Crippen LogP contribution in [0.4, 0.5) is 0 Å². The van der Waals surface area contributed by atoms with Gasteiger partial charge in [-0.25, -0.2) is 4.79 Å². The van der Waals surface area contributed by atoms with Crippen molar-refractivity contribution in [1.29, 1.82) is 0 Å². The highest BCUT2D eigenvalue weighted by Gasteiger charge is 2.60. The molecular formula is C29H49NO23.